The van der Waals surface area contributed by atoms with Crippen molar-refractivity contribution >= 4 is 5.91 Å². The number of hydrogen-bond acceptors (Lipinski definition) is 4. The van der Waals surface area contributed by atoms with Crippen LogP contribution in [-0.4, -0.2) is 24.1 Å². The lowest BCUT2D eigenvalue weighted by Crippen LogP contribution is -2.31. The molecular formula is C18H18N2O3. The fraction of sp³-hybridized carbons (Fsp3) is 0.333. The molecule has 5 nitrogen and oxygen atoms in total. The molecule has 0 radical (unpaired) electrons. The summed E-state index contributed by atoms with van der Waals surface area (Å²) in [6.07, 6.45) is 6.23. The summed E-state index contributed by atoms with van der Waals surface area (Å²) in [7, 11) is 0. The standard InChI is InChI=1S/C18H18N2O3/c21-18(13-4-2-6-19-11-13)20-15-5-1-3-12-9-16-17(10-14(12)15)23-8-7-22-16/h2,4,6,9-11,15H,1,3,5,7-8H2,(H,20,21). The third kappa shape index (κ3) is 2.74. The van der Waals surface area contributed by atoms with Gasteiger partial charge in [-0.05, 0) is 54.7 Å². The van der Waals surface area contributed by atoms with Crippen molar-refractivity contribution in [3.05, 3.63) is 53.3 Å². The van der Waals surface area contributed by atoms with Gasteiger partial charge in [-0.3, -0.25) is 9.78 Å². The van der Waals surface area contributed by atoms with Gasteiger partial charge in [0, 0.05) is 12.4 Å². The first-order valence-corrected chi connectivity index (χ1v) is 7.94. The van der Waals surface area contributed by atoms with Crippen LogP contribution in [0.15, 0.2) is 36.7 Å². The van der Waals surface area contributed by atoms with E-state index < -0.39 is 0 Å². The topological polar surface area (TPSA) is 60.5 Å². The smallest absolute Gasteiger partial charge is 0.253 e. The minimum Gasteiger partial charge on any atom is -0.486 e. The van der Waals surface area contributed by atoms with Crippen LogP contribution in [0.1, 0.15) is 40.4 Å². The summed E-state index contributed by atoms with van der Waals surface area (Å²) >= 11 is 0. The monoisotopic (exact) mass is 310 g/mol. The number of carbonyl (C=O) groups excluding carboxylic acids is 1. The maximum atomic E-state index is 12.4. The molecule has 1 aliphatic heterocycles. The molecule has 1 amide bonds. The second-order valence-electron chi connectivity index (χ2n) is 5.85. The predicted octanol–water partition coefficient (Wildman–Crippen LogP) is 2.66. The summed E-state index contributed by atoms with van der Waals surface area (Å²) in [6, 6.07) is 7.63. The van der Waals surface area contributed by atoms with Crippen molar-refractivity contribution in [2.45, 2.75) is 25.3 Å². The highest BCUT2D eigenvalue weighted by molar-refractivity contribution is 5.94. The van der Waals surface area contributed by atoms with Gasteiger partial charge in [0.25, 0.3) is 5.91 Å². The van der Waals surface area contributed by atoms with Gasteiger partial charge in [0.1, 0.15) is 13.2 Å². The quantitative estimate of drug-likeness (QED) is 0.926. The zero-order valence-electron chi connectivity index (χ0n) is 12.7. The van der Waals surface area contributed by atoms with E-state index in [9.17, 15) is 4.79 Å². The van der Waals surface area contributed by atoms with Gasteiger partial charge in [0.05, 0.1) is 11.6 Å². The lowest BCUT2D eigenvalue weighted by atomic mass is 9.87. The maximum Gasteiger partial charge on any atom is 0.253 e. The lowest BCUT2D eigenvalue weighted by molar-refractivity contribution is 0.0932. The molecule has 0 spiro atoms. The third-order valence-corrected chi connectivity index (χ3v) is 4.35. The van der Waals surface area contributed by atoms with Crippen LogP contribution in [0.25, 0.3) is 0 Å². The summed E-state index contributed by atoms with van der Waals surface area (Å²) in [5.41, 5.74) is 2.95. The van der Waals surface area contributed by atoms with Crippen LogP contribution in [0.4, 0.5) is 0 Å². The molecule has 0 saturated carbocycles. The summed E-state index contributed by atoms with van der Waals surface area (Å²) in [4.78, 5) is 16.4. The van der Waals surface area contributed by atoms with Crippen LogP contribution in [0.3, 0.4) is 0 Å². The van der Waals surface area contributed by atoms with E-state index in [4.69, 9.17) is 9.47 Å². The molecule has 1 aromatic carbocycles. The molecule has 0 saturated heterocycles. The summed E-state index contributed by atoms with van der Waals surface area (Å²) in [5, 5.41) is 3.12. The number of fused-ring (bicyclic) bond motifs is 2. The Kier molecular flexibility index (Phi) is 3.61. The van der Waals surface area contributed by atoms with Gasteiger partial charge in [-0.1, -0.05) is 0 Å². The Balaban J connectivity index is 1.61. The number of benzene rings is 1. The highest BCUT2D eigenvalue weighted by Gasteiger charge is 2.25. The molecule has 4 rings (SSSR count). The Hall–Kier alpha value is -2.56. The average molecular weight is 310 g/mol. The van der Waals surface area contributed by atoms with E-state index in [1.165, 1.54) is 5.56 Å². The molecule has 0 fully saturated rings. The Morgan fingerprint density at radius 1 is 1.22 bits per heavy atom. The van der Waals surface area contributed by atoms with Crippen LogP contribution < -0.4 is 14.8 Å². The van der Waals surface area contributed by atoms with Crippen molar-refractivity contribution in [3.63, 3.8) is 0 Å². The Morgan fingerprint density at radius 3 is 2.83 bits per heavy atom. The van der Waals surface area contributed by atoms with Gasteiger partial charge in [0.15, 0.2) is 11.5 Å². The largest absolute Gasteiger partial charge is 0.486 e. The number of aryl methyl sites for hydroxylation is 1. The fourth-order valence-electron chi connectivity index (χ4n) is 3.23. The highest BCUT2D eigenvalue weighted by atomic mass is 16.6. The zero-order valence-corrected chi connectivity index (χ0v) is 12.7. The minimum atomic E-state index is -0.0918. The molecule has 118 valence electrons. The van der Waals surface area contributed by atoms with E-state index in [1.54, 1.807) is 24.5 Å². The molecule has 1 aromatic heterocycles. The number of carbonyl (C=O) groups is 1. The second kappa shape index (κ2) is 5.91. The number of aromatic nitrogens is 1. The van der Waals surface area contributed by atoms with Gasteiger partial charge in [-0.25, -0.2) is 0 Å². The maximum absolute atomic E-state index is 12.4. The Labute approximate surface area is 134 Å². The second-order valence-corrected chi connectivity index (χ2v) is 5.85. The molecule has 1 aliphatic carbocycles. The molecule has 5 heteroatoms. The van der Waals surface area contributed by atoms with Crippen LogP contribution in [0.2, 0.25) is 0 Å². The van der Waals surface area contributed by atoms with Crippen molar-refractivity contribution in [2.75, 3.05) is 13.2 Å². The van der Waals surface area contributed by atoms with Crippen molar-refractivity contribution in [1.82, 2.24) is 10.3 Å². The average Bonchev–Trinajstić information content (AvgIpc) is 2.61. The minimum absolute atomic E-state index is 0.00211. The Morgan fingerprint density at radius 2 is 2.04 bits per heavy atom. The first-order valence-electron chi connectivity index (χ1n) is 7.94. The normalized spacial score (nSPS) is 18.9. The number of nitrogens with zero attached hydrogens (tertiary/aromatic N) is 1. The summed E-state index contributed by atoms with van der Waals surface area (Å²) < 4.78 is 11.3. The molecule has 2 aromatic rings. The van der Waals surface area contributed by atoms with Gasteiger partial charge in [-0.2, -0.15) is 0 Å². The number of amides is 1. The molecule has 1 atom stereocenters. The SMILES string of the molecule is O=C(NC1CCCc2cc3c(cc21)OCCO3)c1cccnc1. The van der Waals surface area contributed by atoms with Crippen molar-refractivity contribution in [2.24, 2.45) is 0 Å². The molecule has 1 unspecified atom stereocenters. The number of rotatable bonds is 2. The van der Waals surface area contributed by atoms with E-state index in [0.717, 1.165) is 36.3 Å². The summed E-state index contributed by atoms with van der Waals surface area (Å²) in [6.45, 7) is 1.16. The van der Waals surface area contributed by atoms with Crippen LogP contribution >= 0.6 is 0 Å². The Bertz CT molecular complexity index is 731. The number of pyridine rings is 1. The van der Waals surface area contributed by atoms with Crippen LogP contribution in [0, 0.1) is 0 Å². The zero-order chi connectivity index (χ0) is 15.6. The van der Waals surface area contributed by atoms with Crippen molar-refractivity contribution in [3.8, 4) is 11.5 Å². The predicted molar refractivity (Wildman–Crippen MR) is 84.8 cm³/mol. The molecule has 1 N–H and O–H groups in total. The van der Waals surface area contributed by atoms with Gasteiger partial charge >= 0.3 is 0 Å². The first-order chi connectivity index (χ1) is 11.3. The van der Waals surface area contributed by atoms with Gasteiger partial charge in [-0.15, -0.1) is 0 Å². The van der Waals surface area contributed by atoms with E-state index >= 15 is 0 Å². The fourth-order valence-corrected chi connectivity index (χ4v) is 3.23. The number of hydrogen-bond donors (Lipinski definition) is 1. The molecule has 2 heterocycles. The van der Waals surface area contributed by atoms with Crippen LogP contribution in [0.5, 0.6) is 11.5 Å². The van der Waals surface area contributed by atoms with Crippen molar-refractivity contribution in [1.29, 1.82) is 0 Å². The van der Waals surface area contributed by atoms with Gasteiger partial charge < -0.3 is 14.8 Å². The van der Waals surface area contributed by atoms with E-state index in [2.05, 4.69) is 16.4 Å². The van der Waals surface area contributed by atoms with E-state index in [0.29, 0.717) is 18.8 Å². The third-order valence-electron chi connectivity index (χ3n) is 4.35. The van der Waals surface area contributed by atoms with E-state index in [-0.39, 0.29) is 11.9 Å². The number of nitrogens with one attached hydrogen (secondary N) is 1. The molecule has 0 bridgehead atoms. The van der Waals surface area contributed by atoms with E-state index in [1.807, 2.05) is 6.07 Å². The van der Waals surface area contributed by atoms with Crippen LogP contribution in [-0.2, 0) is 6.42 Å². The number of ether oxygens (including phenoxy) is 2. The lowest BCUT2D eigenvalue weighted by Gasteiger charge is -2.29. The molecule has 23 heavy (non-hydrogen) atoms. The van der Waals surface area contributed by atoms with Gasteiger partial charge in [0.2, 0.25) is 0 Å². The molecule has 2 aliphatic rings. The highest BCUT2D eigenvalue weighted by Crippen LogP contribution is 2.39. The molecular weight excluding hydrogens is 292 g/mol. The first kappa shape index (κ1) is 14.1. The van der Waals surface area contributed by atoms with Crippen molar-refractivity contribution < 1.29 is 14.3 Å². The summed E-state index contributed by atoms with van der Waals surface area (Å²) in [5.74, 6) is 1.50.